The maximum Gasteiger partial charge on any atom is 0.325 e. The number of rotatable bonds is 25. The van der Waals surface area contributed by atoms with Gasteiger partial charge in [-0.25, -0.2) is 0 Å². The molecule has 2 rings (SSSR count). The summed E-state index contributed by atoms with van der Waals surface area (Å²) in [5.74, 6) is -8.33. The van der Waals surface area contributed by atoms with Crippen molar-refractivity contribution in [3.63, 3.8) is 0 Å². The SMILES string of the molecule is CC(=O)N[C@@H]1[C@@H](O[C@@H](C)C(=O)N[C@@H](C)C(=O)N[C@H](CCC(=O)N[C@@H](CCC[C@@H](N)C(N)=O)C(=O)N[C@H](C)C(=O)O)C(N)=O)[C@H](O[C@@H]2O[C@H](CO)[C@@H](O)[C@H](O)[C@H]2NC(C)=O)[C@@H](CO)O[C@H]1O. The summed E-state index contributed by atoms with van der Waals surface area (Å²) < 4.78 is 23.1. The molecule has 0 saturated carbocycles. The van der Waals surface area contributed by atoms with Gasteiger partial charge in [0.05, 0.1) is 19.3 Å². The monoisotopic (exact) mass is 937 g/mol. The molecule has 0 aromatic rings. The van der Waals surface area contributed by atoms with Gasteiger partial charge in [0.1, 0.15) is 79.0 Å². The zero-order valence-corrected chi connectivity index (χ0v) is 36.4. The van der Waals surface area contributed by atoms with E-state index in [2.05, 4.69) is 31.9 Å². The third-order valence-electron chi connectivity index (χ3n) is 10.3. The van der Waals surface area contributed by atoms with Crippen LogP contribution in [0.5, 0.6) is 0 Å². The summed E-state index contributed by atoms with van der Waals surface area (Å²) in [6.45, 7) is 4.06. The lowest BCUT2D eigenvalue weighted by Crippen LogP contribution is -2.70. The number of ether oxygens (including phenoxy) is 4. The molecule has 2 aliphatic heterocycles. The van der Waals surface area contributed by atoms with E-state index >= 15 is 0 Å². The normalized spacial score (nSPS) is 28.1. The van der Waals surface area contributed by atoms with Gasteiger partial charge in [0.15, 0.2) is 12.6 Å². The number of aliphatic carboxylic acids is 1. The highest BCUT2D eigenvalue weighted by molar-refractivity contribution is 5.93. The van der Waals surface area contributed by atoms with E-state index < -0.39 is 177 Å². The van der Waals surface area contributed by atoms with Crippen molar-refractivity contribution >= 4 is 53.2 Å². The average Bonchev–Trinajstić information content (AvgIpc) is 3.22. The molecule has 0 radical (unpaired) electrons. The second kappa shape index (κ2) is 26.1. The molecule has 18 N–H and O–H groups in total. The van der Waals surface area contributed by atoms with E-state index in [1.165, 1.54) is 20.8 Å². The Balaban J connectivity index is 2.21. The third kappa shape index (κ3) is 17.0. The fourth-order valence-corrected chi connectivity index (χ4v) is 6.67. The number of nitrogens with two attached hydrogens (primary N) is 3. The first-order chi connectivity index (χ1) is 30.3. The fourth-order valence-electron chi connectivity index (χ4n) is 6.67. The Kier molecular flexibility index (Phi) is 22.5. The Labute approximate surface area is 372 Å². The summed E-state index contributed by atoms with van der Waals surface area (Å²) in [5.41, 5.74) is 16.3. The molecule has 2 fully saturated rings. The molecule has 0 aromatic carbocycles. The van der Waals surface area contributed by atoms with Gasteiger partial charge in [-0.1, -0.05) is 0 Å². The molecular formula is C37H63N9O19. The van der Waals surface area contributed by atoms with Crippen molar-refractivity contribution in [3.05, 3.63) is 0 Å². The van der Waals surface area contributed by atoms with Crippen LogP contribution in [0.2, 0.25) is 0 Å². The first-order valence-electron chi connectivity index (χ1n) is 20.5. The van der Waals surface area contributed by atoms with Gasteiger partial charge in [-0.15, -0.1) is 0 Å². The molecule has 370 valence electrons. The van der Waals surface area contributed by atoms with Crippen molar-refractivity contribution in [2.24, 2.45) is 17.2 Å². The van der Waals surface area contributed by atoms with Gasteiger partial charge in [-0.05, 0) is 46.5 Å². The Hall–Kier alpha value is -5.17. The van der Waals surface area contributed by atoms with Gasteiger partial charge in [-0.3, -0.25) is 43.2 Å². The van der Waals surface area contributed by atoms with Crippen molar-refractivity contribution in [2.45, 2.75) is 164 Å². The van der Waals surface area contributed by atoms with Crippen LogP contribution >= 0.6 is 0 Å². The number of carboxylic acids is 1. The lowest BCUT2D eigenvalue weighted by atomic mass is 9.94. The lowest BCUT2D eigenvalue weighted by Gasteiger charge is -2.48. The Bertz CT molecular complexity index is 1690. The lowest BCUT2D eigenvalue weighted by molar-refractivity contribution is -0.333. The smallest absolute Gasteiger partial charge is 0.325 e. The average molecular weight is 938 g/mol. The topological polar surface area (TPSA) is 462 Å². The van der Waals surface area contributed by atoms with Gasteiger partial charge in [0.2, 0.25) is 47.3 Å². The van der Waals surface area contributed by atoms with Crippen LogP contribution in [0.4, 0.5) is 0 Å². The maximum atomic E-state index is 13.5. The maximum absolute atomic E-state index is 13.5. The number of carbonyl (C=O) groups excluding carboxylic acids is 8. The van der Waals surface area contributed by atoms with Crippen molar-refractivity contribution in [1.82, 2.24) is 31.9 Å². The highest BCUT2D eigenvalue weighted by atomic mass is 16.7. The summed E-state index contributed by atoms with van der Waals surface area (Å²) in [5, 5.41) is 75.4. The molecule has 2 saturated heterocycles. The van der Waals surface area contributed by atoms with E-state index in [-0.39, 0.29) is 19.3 Å². The molecule has 2 aliphatic rings. The molecule has 0 spiro atoms. The Morgan fingerprint density at radius 3 is 1.78 bits per heavy atom. The molecule has 65 heavy (non-hydrogen) atoms. The third-order valence-corrected chi connectivity index (χ3v) is 10.3. The molecule has 16 atom stereocenters. The minimum absolute atomic E-state index is 0.0380. The fraction of sp³-hybridized carbons (Fsp3) is 0.757. The predicted molar refractivity (Wildman–Crippen MR) is 216 cm³/mol. The van der Waals surface area contributed by atoms with Crippen LogP contribution in [0.3, 0.4) is 0 Å². The van der Waals surface area contributed by atoms with Crippen LogP contribution < -0.4 is 49.1 Å². The summed E-state index contributed by atoms with van der Waals surface area (Å²) in [4.78, 5) is 112. The molecule has 8 amide bonds. The summed E-state index contributed by atoms with van der Waals surface area (Å²) in [7, 11) is 0. The van der Waals surface area contributed by atoms with Crippen molar-refractivity contribution in [2.75, 3.05) is 13.2 Å². The van der Waals surface area contributed by atoms with Crippen molar-refractivity contribution in [3.8, 4) is 0 Å². The van der Waals surface area contributed by atoms with Gasteiger partial charge in [-0.2, -0.15) is 0 Å². The van der Waals surface area contributed by atoms with Gasteiger partial charge < -0.3 is 98.7 Å². The molecule has 0 aliphatic carbocycles. The Morgan fingerprint density at radius 2 is 1.25 bits per heavy atom. The quantitative estimate of drug-likeness (QED) is 0.0404. The Morgan fingerprint density at radius 1 is 0.662 bits per heavy atom. The number of aliphatic hydroxyl groups excluding tert-OH is 5. The molecular weight excluding hydrogens is 874 g/mol. The highest BCUT2D eigenvalue weighted by Crippen LogP contribution is 2.31. The number of hydrogen-bond donors (Lipinski definition) is 15. The van der Waals surface area contributed by atoms with Crippen molar-refractivity contribution in [1.29, 1.82) is 0 Å². The first-order valence-corrected chi connectivity index (χ1v) is 20.5. The van der Waals surface area contributed by atoms with Crippen LogP contribution in [-0.2, 0) is 62.1 Å². The standard InChI is InChI=1S/C37H63N9O19/c1-13(32(56)46-19(31(40)55)9-10-23(51)45-20(8-6-7-18(38)30(39)54)34(58)42-14(2)35(59)60)41-33(57)15(3)62-29-25(44-17(5)50)36(61)63-22(12-48)28(29)65-37-24(43-16(4)49)27(53)26(52)21(11-47)64-37/h13-15,18-22,24-29,36-37,47-48,52-53,61H,6-12,38H2,1-5H3,(H2,39,54)(H2,40,55)(H,41,57)(H,42,58)(H,43,49)(H,44,50)(H,45,51)(H,46,56)(H,59,60)/t13-,14+,15-,18+,19+,20-,21+,22+,24+,25+,26+,27+,28+,29+,36+,37-/m0/s1. The second-order valence-electron chi connectivity index (χ2n) is 15.6. The van der Waals surface area contributed by atoms with E-state index in [1.807, 2.05) is 0 Å². The van der Waals surface area contributed by atoms with E-state index in [1.54, 1.807) is 0 Å². The number of carbonyl (C=O) groups is 9. The second-order valence-corrected chi connectivity index (χ2v) is 15.6. The van der Waals surface area contributed by atoms with Crippen LogP contribution in [0.1, 0.15) is 66.7 Å². The number of aliphatic hydroxyl groups is 5. The molecule has 28 heteroatoms. The molecule has 0 unspecified atom stereocenters. The summed E-state index contributed by atoms with van der Waals surface area (Å²) >= 11 is 0. The number of amides is 8. The van der Waals surface area contributed by atoms with E-state index in [0.29, 0.717) is 0 Å². The zero-order chi connectivity index (χ0) is 49.5. The zero-order valence-electron chi connectivity index (χ0n) is 36.4. The predicted octanol–water partition coefficient (Wildman–Crippen LogP) is -8.38. The van der Waals surface area contributed by atoms with E-state index in [4.69, 9.17) is 36.1 Å². The molecule has 2 heterocycles. The van der Waals surface area contributed by atoms with Gasteiger partial charge >= 0.3 is 5.97 Å². The minimum atomic E-state index is -1.89. The molecule has 28 nitrogen and oxygen atoms in total. The minimum Gasteiger partial charge on any atom is -0.480 e. The van der Waals surface area contributed by atoms with Gasteiger partial charge in [0.25, 0.3) is 0 Å². The van der Waals surface area contributed by atoms with Crippen LogP contribution in [0, 0.1) is 0 Å². The van der Waals surface area contributed by atoms with Crippen molar-refractivity contribution < 1.29 is 92.7 Å². The summed E-state index contributed by atoms with van der Waals surface area (Å²) in [6.07, 6.45) is -15.7. The first kappa shape index (κ1) is 56.0. The van der Waals surface area contributed by atoms with E-state index in [9.17, 15) is 73.8 Å². The van der Waals surface area contributed by atoms with Crippen LogP contribution in [0.15, 0.2) is 0 Å². The number of hydrogen-bond acceptors (Lipinski definition) is 19. The highest BCUT2D eigenvalue weighted by Gasteiger charge is 2.53. The number of primary amides is 2. The number of nitrogens with one attached hydrogen (secondary N) is 6. The van der Waals surface area contributed by atoms with Gasteiger partial charge in [0, 0.05) is 20.3 Å². The summed E-state index contributed by atoms with van der Waals surface area (Å²) in [6, 6.07) is -9.65. The molecule has 0 aromatic heterocycles. The van der Waals surface area contributed by atoms with Crippen LogP contribution in [-0.4, -0.2) is 195 Å². The van der Waals surface area contributed by atoms with E-state index in [0.717, 1.165) is 13.8 Å². The number of carboxylic acid groups (broad SMARTS) is 1. The van der Waals surface area contributed by atoms with Crippen LogP contribution in [0.25, 0.3) is 0 Å². The molecule has 0 bridgehead atoms. The largest absolute Gasteiger partial charge is 0.480 e.